The summed E-state index contributed by atoms with van der Waals surface area (Å²) in [7, 11) is 0. The van der Waals surface area contributed by atoms with E-state index < -0.39 is 59.2 Å². The van der Waals surface area contributed by atoms with E-state index in [0.29, 0.717) is 24.8 Å². The summed E-state index contributed by atoms with van der Waals surface area (Å²) in [5.41, 5.74) is -3.67. The highest BCUT2D eigenvalue weighted by atomic mass is 35.5. The van der Waals surface area contributed by atoms with Gasteiger partial charge in [0.25, 0.3) is 11.8 Å². The van der Waals surface area contributed by atoms with Gasteiger partial charge in [0, 0.05) is 17.9 Å². The summed E-state index contributed by atoms with van der Waals surface area (Å²) in [6.45, 7) is 0.0432. The van der Waals surface area contributed by atoms with Crippen LogP contribution in [0.25, 0.3) is 0 Å². The molecule has 200 valence electrons. The van der Waals surface area contributed by atoms with Crippen LogP contribution in [0.2, 0.25) is 10.0 Å². The van der Waals surface area contributed by atoms with Gasteiger partial charge in [-0.1, -0.05) is 23.2 Å². The number of fused-ring (bicyclic) bond motifs is 1. The van der Waals surface area contributed by atoms with Crippen LogP contribution < -0.4 is 9.80 Å². The molecule has 3 atom stereocenters. The van der Waals surface area contributed by atoms with Crippen molar-refractivity contribution in [1.29, 1.82) is 0 Å². The lowest BCUT2D eigenvalue weighted by atomic mass is 10.0. The number of nitrogens with zero attached hydrogens (tertiary/aromatic N) is 2. The molecular formula is C23H18Cl2F6N2O4. The quantitative estimate of drug-likeness (QED) is 0.506. The van der Waals surface area contributed by atoms with Gasteiger partial charge in [0.05, 0.1) is 21.2 Å². The second-order valence-electron chi connectivity index (χ2n) is 8.66. The molecule has 0 unspecified atom stereocenters. The monoisotopic (exact) mass is 570 g/mol. The lowest BCUT2D eigenvalue weighted by Crippen LogP contribution is -2.51. The molecule has 0 bridgehead atoms. The van der Waals surface area contributed by atoms with Gasteiger partial charge in [-0.3, -0.25) is 14.5 Å². The minimum absolute atomic E-state index is 0.0432. The number of aliphatic hydroxyl groups is 2. The van der Waals surface area contributed by atoms with Crippen LogP contribution in [-0.4, -0.2) is 46.8 Å². The first kappa shape index (κ1) is 27.5. The molecule has 2 aromatic rings. The van der Waals surface area contributed by atoms with E-state index in [-0.39, 0.29) is 45.4 Å². The summed E-state index contributed by atoms with van der Waals surface area (Å²) in [5.74, 6) is -2.45. The van der Waals surface area contributed by atoms with Crippen LogP contribution in [0.3, 0.4) is 0 Å². The molecule has 2 heterocycles. The second kappa shape index (κ2) is 9.64. The van der Waals surface area contributed by atoms with Crippen LogP contribution in [0.5, 0.6) is 0 Å². The largest absolute Gasteiger partial charge is 0.416 e. The maximum Gasteiger partial charge on any atom is 0.416 e. The number of rotatable bonds is 2. The summed E-state index contributed by atoms with van der Waals surface area (Å²) in [4.78, 5) is 27.9. The number of aliphatic hydroxyl groups excluding tert-OH is 2. The minimum atomic E-state index is -5.23. The summed E-state index contributed by atoms with van der Waals surface area (Å²) < 4.78 is 80.6. The van der Waals surface area contributed by atoms with Crippen molar-refractivity contribution in [3.8, 4) is 0 Å². The zero-order valence-electron chi connectivity index (χ0n) is 18.6. The van der Waals surface area contributed by atoms with E-state index in [2.05, 4.69) is 0 Å². The van der Waals surface area contributed by atoms with E-state index in [1.165, 1.54) is 12.1 Å². The maximum absolute atomic E-state index is 13.7. The molecule has 0 saturated carbocycles. The fourth-order valence-corrected chi connectivity index (χ4v) is 4.96. The van der Waals surface area contributed by atoms with Crippen molar-refractivity contribution in [2.45, 2.75) is 49.9 Å². The number of carbonyl (C=O) groups excluding carboxylic acids is 2. The van der Waals surface area contributed by atoms with E-state index in [0.717, 1.165) is 4.90 Å². The average Bonchev–Trinajstić information content (AvgIpc) is 2.96. The molecule has 4 rings (SSSR count). The predicted molar refractivity (Wildman–Crippen MR) is 121 cm³/mol. The van der Waals surface area contributed by atoms with Crippen LogP contribution in [0, 0.1) is 0 Å². The number of anilines is 2. The molecule has 2 aliphatic heterocycles. The highest BCUT2D eigenvalue weighted by molar-refractivity contribution is 6.42. The third-order valence-electron chi connectivity index (χ3n) is 6.31. The molecule has 37 heavy (non-hydrogen) atoms. The Morgan fingerprint density at radius 3 is 2.11 bits per heavy atom. The molecular weight excluding hydrogens is 553 g/mol. The molecule has 6 nitrogen and oxygen atoms in total. The van der Waals surface area contributed by atoms with E-state index in [4.69, 9.17) is 23.2 Å². The van der Waals surface area contributed by atoms with Gasteiger partial charge in [0.2, 0.25) is 0 Å². The molecule has 0 aliphatic carbocycles. The van der Waals surface area contributed by atoms with Gasteiger partial charge < -0.3 is 15.1 Å². The van der Waals surface area contributed by atoms with E-state index in [1.54, 1.807) is 0 Å². The van der Waals surface area contributed by atoms with E-state index in [9.17, 15) is 46.1 Å². The van der Waals surface area contributed by atoms with Crippen LogP contribution in [0.1, 0.15) is 29.5 Å². The molecule has 1 fully saturated rings. The molecule has 0 radical (unpaired) electrons. The molecule has 2 amide bonds. The number of amides is 2. The van der Waals surface area contributed by atoms with Gasteiger partial charge in [-0.05, 0) is 55.2 Å². The van der Waals surface area contributed by atoms with Gasteiger partial charge in [-0.2, -0.15) is 26.3 Å². The number of halogens is 8. The molecule has 2 aromatic carbocycles. The number of carbonyl (C=O) groups is 2. The zero-order chi connectivity index (χ0) is 27.4. The Morgan fingerprint density at radius 2 is 1.54 bits per heavy atom. The lowest BCUT2D eigenvalue weighted by Gasteiger charge is -2.32. The molecule has 2 aliphatic rings. The normalized spacial score (nSPS) is 22.8. The number of benzene rings is 2. The fraction of sp³-hybridized carbons (Fsp3) is 0.391. The predicted octanol–water partition coefficient (Wildman–Crippen LogP) is 4.84. The Kier molecular flexibility index (Phi) is 7.17. The summed E-state index contributed by atoms with van der Waals surface area (Å²) in [6, 6.07) is 1.22. The van der Waals surface area contributed by atoms with Crippen molar-refractivity contribution in [2.24, 2.45) is 0 Å². The highest BCUT2D eigenvalue weighted by Crippen LogP contribution is 2.42. The summed E-state index contributed by atoms with van der Waals surface area (Å²) in [6.07, 6.45) is -13.5. The topological polar surface area (TPSA) is 81.1 Å². The van der Waals surface area contributed by atoms with Crippen molar-refractivity contribution >= 4 is 46.4 Å². The lowest BCUT2D eigenvalue weighted by molar-refractivity contribution is -0.143. The first-order valence-electron chi connectivity index (χ1n) is 10.9. The van der Waals surface area contributed by atoms with Crippen LogP contribution in [0.4, 0.5) is 37.7 Å². The first-order chi connectivity index (χ1) is 17.1. The van der Waals surface area contributed by atoms with Crippen molar-refractivity contribution in [3.63, 3.8) is 0 Å². The Labute approximate surface area is 216 Å². The number of hydrogen-bond donors (Lipinski definition) is 2. The SMILES string of the molecule is O=C([C@@H]1[C@H](O)[C@H](O)C(=O)N1c1cc(C(F)(F)F)cc(C(F)(F)F)c1)N1CCCCc2c1ccc(Cl)c2Cl. The zero-order valence-corrected chi connectivity index (χ0v) is 20.1. The molecule has 0 spiro atoms. The Morgan fingerprint density at radius 1 is 0.946 bits per heavy atom. The number of alkyl halides is 6. The van der Waals surface area contributed by atoms with Gasteiger partial charge in [-0.25, -0.2) is 0 Å². The summed E-state index contributed by atoms with van der Waals surface area (Å²) >= 11 is 12.4. The minimum Gasteiger partial charge on any atom is -0.387 e. The molecule has 1 saturated heterocycles. The molecule has 0 aromatic heterocycles. The average molecular weight is 571 g/mol. The smallest absolute Gasteiger partial charge is 0.387 e. The van der Waals surface area contributed by atoms with Crippen molar-refractivity contribution in [2.75, 3.05) is 16.3 Å². The van der Waals surface area contributed by atoms with E-state index in [1.807, 2.05) is 0 Å². The fourth-order valence-electron chi connectivity index (χ4n) is 4.53. The van der Waals surface area contributed by atoms with Crippen LogP contribution in [-0.2, 0) is 28.4 Å². The van der Waals surface area contributed by atoms with Crippen molar-refractivity contribution in [3.05, 3.63) is 57.1 Å². The van der Waals surface area contributed by atoms with Crippen molar-refractivity contribution < 1.29 is 46.1 Å². The van der Waals surface area contributed by atoms with Gasteiger partial charge >= 0.3 is 12.4 Å². The van der Waals surface area contributed by atoms with Crippen molar-refractivity contribution in [1.82, 2.24) is 0 Å². The highest BCUT2D eigenvalue weighted by Gasteiger charge is 2.53. The standard InChI is InChI=1S/C23H18Cl2F6N2O4/c24-14-4-5-15-13(16(14)25)3-1-2-6-32(15)20(36)17-18(34)19(35)21(37)33(17)12-8-10(22(26,27)28)7-11(9-12)23(29,30)31/h4-5,7-9,17-19,34-35H,1-3,6H2/t17-,18-,19-/m0/s1. The molecule has 14 heteroatoms. The van der Waals surface area contributed by atoms with E-state index >= 15 is 0 Å². The second-order valence-corrected chi connectivity index (χ2v) is 9.44. The summed E-state index contributed by atoms with van der Waals surface area (Å²) in [5, 5.41) is 21.2. The number of hydrogen-bond acceptors (Lipinski definition) is 4. The Balaban J connectivity index is 1.85. The maximum atomic E-state index is 13.7. The van der Waals surface area contributed by atoms with Crippen LogP contribution >= 0.6 is 23.2 Å². The third kappa shape index (κ3) is 4.99. The molecule has 2 N–H and O–H groups in total. The van der Waals surface area contributed by atoms with Gasteiger partial charge in [0.15, 0.2) is 6.10 Å². The van der Waals surface area contributed by atoms with Crippen LogP contribution in [0.15, 0.2) is 30.3 Å². The van der Waals surface area contributed by atoms with Gasteiger partial charge in [-0.15, -0.1) is 0 Å². The van der Waals surface area contributed by atoms with Gasteiger partial charge in [0.1, 0.15) is 12.1 Å². The Hall–Kier alpha value is -2.54. The Bertz CT molecular complexity index is 1220. The first-order valence-corrected chi connectivity index (χ1v) is 11.7. The third-order valence-corrected chi connectivity index (χ3v) is 7.15.